The number of nitrogens with one attached hydrogen (secondary N) is 1. The first-order valence-corrected chi connectivity index (χ1v) is 10.1. The van der Waals surface area contributed by atoms with E-state index in [-0.39, 0.29) is 27.5 Å². The zero-order valence-corrected chi connectivity index (χ0v) is 17.2. The molecule has 4 N–H and O–H groups in total. The van der Waals surface area contributed by atoms with Gasteiger partial charge in [0.2, 0.25) is 0 Å². The van der Waals surface area contributed by atoms with Gasteiger partial charge >= 0.3 is 5.97 Å². The van der Waals surface area contributed by atoms with Gasteiger partial charge in [0, 0.05) is 5.25 Å². The molecular weight excluding hydrogens is 462 g/mol. The van der Waals surface area contributed by atoms with Crippen molar-refractivity contribution in [2.75, 3.05) is 12.8 Å². The van der Waals surface area contributed by atoms with Gasteiger partial charge in [0.25, 0.3) is 11.8 Å². The number of hydrogen-bond acceptors (Lipinski definition) is 9. The summed E-state index contributed by atoms with van der Waals surface area (Å²) in [5.41, 5.74) is 5.61. The Morgan fingerprint density at radius 1 is 1.52 bits per heavy atom. The molecule has 3 atom stereocenters. The summed E-state index contributed by atoms with van der Waals surface area (Å²) >= 11 is 5.75. The van der Waals surface area contributed by atoms with E-state index in [4.69, 9.17) is 10.6 Å². The van der Waals surface area contributed by atoms with Crippen LogP contribution in [0.4, 0.5) is 5.13 Å². The van der Waals surface area contributed by atoms with Gasteiger partial charge in [-0.1, -0.05) is 16.5 Å². The van der Waals surface area contributed by atoms with E-state index in [9.17, 15) is 19.5 Å². The molecule has 1 aromatic heterocycles. The predicted molar refractivity (Wildman–Crippen MR) is 103 cm³/mol. The van der Waals surface area contributed by atoms with E-state index in [1.54, 1.807) is 0 Å². The van der Waals surface area contributed by atoms with Gasteiger partial charge in [-0.25, -0.2) is 9.78 Å². The molecule has 3 heterocycles. The van der Waals surface area contributed by atoms with Crippen LogP contribution in [0.1, 0.15) is 12.6 Å². The number of nitrogens with zero attached hydrogens (tertiary/aromatic N) is 3. The number of halogens is 1. The number of oxime groups is 1. The number of nitrogen functional groups attached to an aromatic ring is 1. The Balaban J connectivity index is 1.81. The normalized spacial score (nSPS) is 24.6. The van der Waals surface area contributed by atoms with E-state index in [0.29, 0.717) is 3.79 Å². The molecule has 0 saturated carbocycles. The molecule has 2 aliphatic rings. The maximum atomic E-state index is 12.7. The molecule has 2 unspecified atom stereocenters. The minimum absolute atomic E-state index is 0.0810. The fourth-order valence-corrected chi connectivity index (χ4v) is 5.35. The number of thioether (sulfide) groups is 1. The van der Waals surface area contributed by atoms with Crippen LogP contribution in [0, 0.1) is 0 Å². The standard InChI is InChI=1S/C14H14BrN5O5S2/c1-4-3-5(13(23)24)20-11(22)8(12(20)26-4)17-10(21)7(19-25-2)6-9(15)27-14(16)18-6/h3-4,8,12H,1-2H3,(H2,16,18)(H,17,21)(H,23,24)/t4?,8?,12-/m1/s1. The summed E-state index contributed by atoms with van der Waals surface area (Å²) in [4.78, 5) is 46.4. The van der Waals surface area contributed by atoms with Gasteiger partial charge in [-0.3, -0.25) is 14.5 Å². The number of amides is 2. The Bertz CT molecular complexity index is 885. The summed E-state index contributed by atoms with van der Waals surface area (Å²) < 4.78 is 0.490. The summed E-state index contributed by atoms with van der Waals surface area (Å²) in [5, 5.41) is 15.2. The first kappa shape index (κ1) is 19.6. The minimum atomic E-state index is -1.19. The molecule has 10 nitrogen and oxygen atoms in total. The summed E-state index contributed by atoms with van der Waals surface area (Å²) in [6, 6.07) is -0.884. The van der Waals surface area contributed by atoms with E-state index in [2.05, 4.69) is 31.4 Å². The third-order valence-electron chi connectivity index (χ3n) is 3.78. The minimum Gasteiger partial charge on any atom is -0.477 e. The highest BCUT2D eigenvalue weighted by molar-refractivity contribution is 9.11. The SMILES string of the molecule is CON=C(C(=O)NC1C(=O)N2C(C(=O)O)=CC(C)S[C@H]12)c1nc(N)sc1Br. The van der Waals surface area contributed by atoms with Gasteiger partial charge < -0.3 is 21.0 Å². The molecule has 0 aliphatic carbocycles. The Morgan fingerprint density at radius 2 is 2.22 bits per heavy atom. The highest BCUT2D eigenvalue weighted by Gasteiger charge is 2.54. The van der Waals surface area contributed by atoms with E-state index in [1.807, 2.05) is 6.92 Å². The molecule has 0 spiro atoms. The van der Waals surface area contributed by atoms with E-state index >= 15 is 0 Å². The molecule has 0 radical (unpaired) electrons. The Hall–Kier alpha value is -2.12. The second kappa shape index (κ2) is 7.48. The average Bonchev–Trinajstić information content (AvgIpc) is 2.94. The monoisotopic (exact) mass is 475 g/mol. The van der Waals surface area contributed by atoms with E-state index < -0.39 is 29.2 Å². The maximum Gasteiger partial charge on any atom is 0.352 e. The van der Waals surface area contributed by atoms with Crippen molar-refractivity contribution in [2.45, 2.75) is 23.6 Å². The molecule has 3 rings (SSSR count). The van der Waals surface area contributed by atoms with Gasteiger partial charge in [-0.2, -0.15) is 0 Å². The number of carboxylic acid groups (broad SMARTS) is 1. The van der Waals surface area contributed by atoms with Crippen LogP contribution in [-0.4, -0.2) is 62.3 Å². The van der Waals surface area contributed by atoms with Crippen molar-refractivity contribution < 1.29 is 24.3 Å². The number of aliphatic carboxylic acids is 1. The zero-order chi connectivity index (χ0) is 19.9. The number of fused-ring (bicyclic) bond motifs is 1. The number of nitrogens with two attached hydrogens (primary N) is 1. The number of hydrogen-bond donors (Lipinski definition) is 3. The molecule has 2 amide bonds. The second-order valence-corrected chi connectivity index (χ2v) is 9.39. The topological polar surface area (TPSA) is 147 Å². The number of carboxylic acids is 1. The van der Waals surface area contributed by atoms with Gasteiger partial charge in [0.1, 0.15) is 33.7 Å². The largest absolute Gasteiger partial charge is 0.477 e. The number of carbonyl (C=O) groups excluding carboxylic acids is 2. The highest BCUT2D eigenvalue weighted by Crippen LogP contribution is 2.40. The van der Waals surface area contributed by atoms with Crippen molar-refractivity contribution >= 4 is 67.7 Å². The van der Waals surface area contributed by atoms with Crippen LogP contribution in [0.3, 0.4) is 0 Å². The van der Waals surface area contributed by atoms with Gasteiger partial charge in [-0.15, -0.1) is 11.8 Å². The summed E-state index contributed by atoms with van der Waals surface area (Å²) in [7, 11) is 1.27. The van der Waals surface area contributed by atoms with E-state index in [1.165, 1.54) is 29.8 Å². The van der Waals surface area contributed by atoms with Gasteiger partial charge in [0.05, 0.1) is 0 Å². The molecule has 1 saturated heterocycles. The Morgan fingerprint density at radius 3 is 2.78 bits per heavy atom. The first-order valence-electron chi connectivity index (χ1n) is 7.52. The Labute approximate surface area is 169 Å². The Kier molecular flexibility index (Phi) is 5.44. The molecule has 0 aromatic carbocycles. The lowest BCUT2D eigenvalue weighted by Crippen LogP contribution is -2.71. The summed E-state index contributed by atoms with van der Waals surface area (Å²) in [6.45, 7) is 1.82. The summed E-state index contributed by atoms with van der Waals surface area (Å²) in [5.74, 6) is -2.37. The van der Waals surface area contributed by atoms with Crippen molar-refractivity contribution in [1.29, 1.82) is 0 Å². The number of carbonyl (C=O) groups is 3. The lowest BCUT2D eigenvalue weighted by Gasteiger charge is -2.49. The van der Waals surface area contributed by atoms with Crippen LogP contribution in [0.25, 0.3) is 0 Å². The molecule has 1 aromatic rings. The molecule has 27 heavy (non-hydrogen) atoms. The third-order valence-corrected chi connectivity index (χ3v) is 6.64. The van der Waals surface area contributed by atoms with Crippen LogP contribution in [0.2, 0.25) is 0 Å². The maximum absolute atomic E-state index is 12.7. The number of thiazole rings is 1. The fourth-order valence-electron chi connectivity index (χ4n) is 2.68. The van der Waals surface area contributed by atoms with Crippen molar-refractivity contribution in [1.82, 2.24) is 15.2 Å². The van der Waals surface area contributed by atoms with E-state index in [0.717, 1.165) is 11.3 Å². The third kappa shape index (κ3) is 3.53. The van der Waals surface area contributed by atoms with Crippen molar-refractivity contribution in [3.63, 3.8) is 0 Å². The smallest absolute Gasteiger partial charge is 0.352 e. The predicted octanol–water partition coefficient (Wildman–Crippen LogP) is 0.595. The lowest BCUT2D eigenvalue weighted by atomic mass is 10.0. The van der Waals surface area contributed by atoms with Crippen LogP contribution in [0.5, 0.6) is 0 Å². The zero-order valence-electron chi connectivity index (χ0n) is 14.0. The highest BCUT2D eigenvalue weighted by atomic mass is 79.9. The van der Waals surface area contributed by atoms with Crippen LogP contribution in [0.15, 0.2) is 20.7 Å². The first-order chi connectivity index (χ1) is 12.7. The molecule has 13 heteroatoms. The number of rotatable bonds is 5. The molecular formula is C14H14BrN5O5S2. The van der Waals surface area contributed by atoms with Gasteiger partial charge in [0.15, 0.2) is 10.8 Å². The van der Waals surface area contributed by atoms with Crippen molar-refractivity contribution in [3.8, 4) is 0 Å². The molecule has 0 bridgehead atoms. The van der Waals surface area contributed by atoms with Crippen LogP contribution in [-0.2, 0) is 19.2 Å². The number of β-lactam (4-membered cyclic amide) rings is 1. The lowest BCUT2D eigenvalue weighted by molar-refractivity contribution is -0.150. The summed E-state index contributed by atoms with van der Waals surface area (Å²) in [6.07, 6.45) is 1.51. The van der Waals surface area contributed by atoms with Crippen LogP contribution >= 0.6 is 39.0 Å². The van der Waals surface area contributed by atoms with Crippen LogP contribution < -0.4 is 11.1 Å². The number of aromatic nitrogens is 1. The van der Waals surface area contributed by atoms with Crippen molar-refractivity contribution in [3.05, 3.63) is 21.3 Å². The average molecular weight is 476 g/mol. The molecule has 2 aliphatic heterocycles. The molecule has 144 valence electrons. The van der Waals surface area contributed by atoms with Crippen molar-refractivity contribution in [2.24, 2.45) is 5.16 Å². The fraction of sp³-hybridized carbons (Fsp3) is 0.357. The molecule has 1 fully saturated rings. The number of anilines is 1. The second-order valence-electron chi connectivity index (χ2n) is 5.55. The van der Waals surface area contributed by atoms with Gasteiger partial charge in [-0.05, 0) is 28.9 Å². The quantitative estimate of drug-likeness (QED) is 0.318.